The molecule has 0 amide bonds. The van der Waals surface area contributed by atoms with Crippen LogP contribution in [0, 0.1) is 0 Å². The van der Waals surface area contributed by atoms with Gasteiger partial charge in [0.15, 0.2) is 0 Å². The number of rotatable bonds is 11. The molecule has 3 aromatic carbocycles. The number of sulfonamides is 1. The molecule has 0 aliphatic rings. The van der Waals surface area contributed by atoms with Gasteiger partial charge in [-0.3, -0.25) is 4.72 Å². The third-order valence-electron chi connectivity index (χ3n) is 4.61. The average Bonchev–Trinajstić information content (AvgIpc) is 2.78. The molecule has 5 N–H and O–H groups in total. The smallest absolute Gasteiger partial charge is 0.261 e. The largest absolute Gasteiger partial charge is 0.508 e. The molecule has 3 rings (SSSR count). The zero-order chi connectivity index (χ0) is 22.1. The first kappa shape index (κ1) is 22.6. The van der Waals surface area contributed by atoms with Crippen LogP contribution in [0.1, 0.15) is 5.56 Å². The molecule has 0 aliphatic carbocycles. The van der Waals surface area contributed by atoms with Crippen molar-refractivity contribution < 1.29 is 28.7 Å². The highest BCUT2D eigenvalue weighted by Gasteiger charge is 2.13. The van der Waals surface area contributed by atoms with E-state index in [1.807, 2.05) is 17.4 Å². The SMILES string of the molecule is O=S(=O)(Nc1ccc(CC[NH2+]CC(O)COc2ccc(O)cc2)cc1)c1ccccc1. The molecule has 0 heterocycles. The molecule has 31 heavy (non-hydrogen) atoms. The Hall–Kier alpha value is -3.07. The summed E-state index contributed by atoms with van der Waals surface area (Å²) in [7, 11) is -3.59. The summed E-state index contributed by atoms with van der Waals surface area (Å²) in [4.78, 5) is 0.224. The summed E-state index contributed by atoms with van der Waals surface area (Å²) >= 11 is 0. The Morgan fingerprint density at radius 1 is 0.935 bits per heavy atom. The minimum absolute atomic E-state index is 0.169. The van der Waals surface area contributed by atoms with Crippen LogP contribution >= 0.6 is 0 Å². The highest BCUT2D eigenvalue weighted by Crippen LogP contribution is 2.17. The van der Waals surface area contributed by atoms with Gasteiger partial charge in [-0.1, -0.05) is 30.3 Å². The van der Waals surface area contributed by atoms with Crippen molar-refractivity contribution in [3.63, 3.8) is 0 Å². The molecular weight excluding hydrogens is 416 g/mol. The highest BCUT2D eigenvalue weighted by molar-refractivity contribution is 7.92. The zero-order valence-electron chi connectivity index (χ0n) is 17.0. The summed E-state index contributed by atoms with van der Waals surface area (Å²) in [5.74, 6) is 0.766. The Bertz CT molecular complexity index is 1040. The fraction of sp³-hybridized carbons (Fsp3) is 0.217. The first-order valence-corrected chi connectivity index (χ1v) is 11.5. The predicted molar refractivity (Wildman–Crippen MR) is 119 cm³/mol. The molecule has 7 nitrogen and oxygen atoms in total. The number of hydrogen-bond acceptors (Lipinski definition) is 5. The van der Waals surface area contributed by atoms with E-state index in [2.05, 4.69) is 4.72 Å². The van der Waals surface area contributed by atoms with Crippen molar-refractivity contribution in [3.05, 3.63) is 84.4 Å². The minimum atomic E-state index is -3.59. The third kappa shape index (κ3) is 7.29. The van der Waals surface area contributed by atoms with Crippen LogP contribution < -0.4 is 14.8 Å². The Balaban J connectivity index is 1.38. The summed E-state index contributed by atoms with van der Waals surface area (Å²) in [6, 6.07) is 21.9. The van der Waals surface area contributed by atoms with E-state index in [1.165, 1.54) is 12.1 Å². The normalized spacial score (nSPS) is 12.3. The van der Waals surface area contributed by atoms with Gasteiger partial charge in [0.25, 0.3) is 10.0 Å². The molecule has 1 unspecified atom stereocenters. The van der Waals surface area contributed by atoms with Gasteiger partial charge < -0.3 is 20.3 Å². The molecule has 0 saturated carbocycles. The van der Waals surface area contributed by atoms with Gasteiger partial charge in [-0.15, -0.1) is 0 Å². The minimum Gasteiger partial charge on any atom is -0.508 e. The number of quaternary nitrogens is 1. The molecule has 0 radical (unpaired) electrons. The monoisotopic (exact) mass is 443 g/mol. The number of nitrogens with one attached hydrogen (secondary N) is 1. The summed E-state index contributed by atoms with van der Waals surface area (Å²) < 4.78 is 32.8. The van der Waals surface area contributed by atoms with Crippen molar-refractivity contribution in [2.75, 3.05) is 24.4 Å². The molecule has 0 fully saturated rings. The zero-order valence-corrected chi connectivity index (χ0v) is 17.8. The number of aliphatic hydroxyl groups excluding tert-OH is 1. The lowest BCUT2D eigenvalue weighted by Crippen LogP contribution is -2.87. The first-order chi connectivity index (χ1) is 14.9. The Morgan fingerprint density at radius 2 is 1.61 bits per heavy atom. The number of anilines is 1. The second kappa shape index (κ2) is 10.8. The maximum Gasteiger partial charge on any atom is 0.261 e. The van der Waals surface area contributed by atoms with Gasteiger partial charge in [0.1, 0.15) is 30.8 Å². The summed E-state index contributed by atoms with van der Waals surface area (Å²) in [6.07, 6.45) is 0.181. The standard InChI is InChI=1S/C23H26N2O5S/c26-20-10-12-22(13-11-20)30-17-21(27)16-24-15-14-18-6-8-19(9-7-18)25-31(28,29)23-4-2-1-3-5-23/h1-13,21,24-27H,14-17H2/p+1. The number of aliphatic hydroxyl groups is 1. The number of phenolic OH excluding ortho intramolecular Hbond substituents is 1. The quantitative estimate of drug-likeness (QED) is 0.337. The van der Waals surface area contributed by atoms with Crippen LogP contribution in [0.4, 0.5) is 5.69 Å². The van der Waals surface area contributed by atoms with E-state index in [-0.39, 0.29) is 17.3 Å². The number of phenols is 1. The van der Waals surface area contributed by atoms with Gasteiger partial charge in [-0.25, -0.2) is 8.42 Å². The number of ether oxygens (including phenoxy) is 1. The van der Waals surface area contributed by atoms with Crippen LogP contribution in [0.5, 0.6) is 11.5 Å². The number of aromatic hydroxyl groups is 1. The van der Waals surface area contributed by atoms with Crippen LogP contribution in [0.2, 0.25) is 0 Å². The lowest BCUT2D eigenvalue weighted by molar-refractivity contribution is -0.660. The van der Waals surface area contributed by atoms with Gasteiger partial charge in [0, 0.05) is 12.1 Å². The molecule has 0 bridgehead atoms. The average molecular weight is 444 g/mol. The molecular formula is C23H27N2O5S+. The highest BCUT2D eigenvalue weighted by atomic mass is 32.2. The van der Waals surface area contributed by atoms with E-state index in [1.54, 1.807) is 54.6 Å². The van der Waals surface area contributed by atoms with Gasteiger partial charge in [0.2, 0.25) is 0 Å². The Kier molecular flexibility index (Phi) is 7.88. The summed E-state index contributed by atoms with van der Waals surface area (Å²) in [6.45, 7) is 1.47. The summed E-state index contributed by atoms with van der Waals surface area (Å²) in [5.41, 5.74) is 1.59. The molecule has 8 heteroatoms. The molecule has 164 valence electrons. The Labute approximate surface area is 182 Å². The van der Waals surface area contributed by atoms with Crippen LogP contribution in [0.15, 0.2) is 83.8 Å². The van der Waals surface area contributed by atoms with Gasteiger partial charge in [-0.2, -0.15) is 0 Å². The van der Waals surface area contributed by atoms with Crippen molar-refractivity contribution in [2.24, 2.45) is 0 Å². The first-order valence-electron chi connectivity index (χ1n) is 10.0. The number of benzene rings is 3. The maximum absolute atomic E-state index is 12.4. The molecule has 0 aliphatic heterocycles. The molecule has 0 aromatic heterocycles. The number of nitrogens with two attached hydrogens (primary N) is 1. The van der Waals surface area contributed by atoms with Gasteiger partial charge in [-0.05, 0) is 54.1 Å². The van der Waals surface area contributed by atoms with Crippen molar-refractivity contribution in [1.29, 1.82) is 0 Å². The lowest BCUT2D eigenvalue weighted by Gasteiger charge is -2.12. The third-order valence-corrected chi connectivity index (χ3v) is 6.01. The maximum atomic E-state index is 12.4. The molecule has 0 spiro atoms. The van der Waals surface area contributed by atoms with E-state index in [9.17, 15) is 18.6 Å². The summed E-state index contributed by atoms with van der Waals surface area (Å²) in [5, 5.41) is 21.3. The van der Waals surface area contributed by atoms with Crippen LogP contribution in [0.25, 0.3) is 0 Å². The second-order valence-corrected chi connectivity index (χ2v) is 8.82. The Morgan fingerprint density at radius 3 is 2.29 bits per heavy atom. The van der Waals surface area contributed by atoms with Crippen LogP contribution in [-0.2, 0) is 16.4 Å². The van der Waals surface area contributed by atoms with Crippen LogP contribution in [-0.4, -0.2) is 44.4 Å². The fourth-order valence-electron chi connectivity index (χ4n) is 2.93. The van der Waals surface area contributed by atoms with E-state index < -0.39 is 16.1 Å². The topological polar surface area (TPSA) is 112 Å². The van der Waals surface area contributed by atoms with Crippen LogP contribution in [0.3, 0.4) is 0 Å². The van der Waals surface area contributed by atoms with E-state index in [0.29, 0.717) is 18.0 Å². The molecule has 0 saturated heterocycles. The van der Waals surface area contributed by atoms with Gasteiger partial charge in [0.05, 0.1) is 11.4 Å². The van der Waals surface area contributed by atoms with Crippen molar-refractivity contribution in [2.45, 2.75) is 17.4 Å². The van der Waals surface area contributed by atoms with E-state index >= 15 is 0 Å². The number of hydrogen-bond donors (Lipinski definition) is 4. The van der Waals surface area contributed by atoms with Crippen molar-refractivity contribution in [3.8, 4) is 11.5 Å². The van der Waals surface area contributed by atoms with Gasteiger partial charge >= 0.3 is 0 Å². The van der Waals surface area contributed by atoms with Crippen molar-refractivity contribution in [1.82, 2.24) is 0 Å². The molecule has 1 atom stereocenters. The van der Waals surface area contributed by atoms with E-state index in [4.69, 9.17) is 4.74 Å². The predicted octanol–water partition coefficient (Wildman–Crippen LogP) is 1.74. The van der Waals surface area contributed by atoms with E-state index in [0.717, 1.165) is 18.5 Å². The molecule has 3 aromatic rings. The fourth-order valence-corrected chi connectivity index (χ4v) is 4.01. The lowest BCUT2D eigenvalue weighted by atomic mass is 10.1. The second-order valence-electron chi connectivity index (χ2n) is 7.14. The van der Waals surface area contributed by atoms with Crippen molar-refractivity contribution >= 4 is 15.7 Å².